The first-order valence-corrected chi connectivity index (χ1v) is 7.75. The van der Waals surface area contributed by atoms with E-state index in [-0.39, 0.29) is 21.9 Å². The van der Waals surface area contributed by atoms with Gasteiger partial charge in [-0.25, -0.2) is 8.42 Å². The van der Waals surface area contributed by atoms with Crippen LogP contribution in [0.4, 0.5) is 0 Å². The van der Waals surface area contributed by atoms with Crippen LogP contribution in [0.3, 0.4) is 0 Å². The number of halogens is 1. The summed E-state index contributed by atoms with van der Waals surface area (Å²) in [6.07, 6.45) is 0.685. The fraction of sp³-hybridized carbons (Fsp3) is 0.500. The van der Waals surface area contributed by atoms with Gasteiger partial charge in [-0.2, -0.15) is 4.31 Å². The van der Waals surface area contributed by atoms with Crippen molar-refractivity contribution in [3.63, 3.8) is 0 Å². The zero-order valence-corrected chi connectivity index (χ0v) is 11.8. The first kappa shape index (κ1) is 13.8. The van der Waals surface area contributed by atoms with E-state index in [0.29, 0.717) is 19.5 Å². The summed E-state index contributed by atoms with van der Waals surface area (Å²) in [5, 5.41) is 0.264. The highest BCUT2D eigenvalue weighted by Gasteiger charge is 2.32. The number of hydrogen-bond acceptors (Lipinski definition) is 3. The number of nitrogens with zero attached hydrogens (tertiary/aromatic N) is 1. The van der Waals surface area contributed by atoms with Crippen molar-refractivity contribution in [2.75, 3.05) is 13.1 Å². The lowest BCUT2D eigenvalue weighted by Crippen LogP contribution is -2.48. The van der Waals surface area contributed by atoms with Gasteiger partial charge < -0.3 is 5.73 Å². The van der Waals surface area contributed by atoms with Gasteiger partial charge in [0.1, 0.15) is 4.90 Å². The first-order valence-electron chi connectivity index (χ1n) is 5.93. The SMILES string of the molecule is CC1CN(S(=O)(=O)c2ccccc2Cl)CCC1N. The summed E-state index contributed by atoms with van der Waals surface area (Å²) in [4.78, 5) is 0.175. The summed E-state index contributed by atoms with van der Waals surface area (Å²) in [7, 11) is -3.50. The maximum atomic E-state index is 12.5. The van der Waals surface area contributed by atoms with E-state index in [1.54, 1.807) is 18.2 Å². The molecular weight excluding hydrogens is 272 g/mol. The molecule has 0 aromatic heterocycles. The van der Waals surface area contributed by atoms with Crippen LogP contribution in [0.2, 0.25) is 5.02 Å². The Balaban J connectivity index is 2.30. The highest BCUT2D eigenvalue weighted by Crippen LogP contribution is 2.27. The number of sulfonamides is 1. The Bertz CT molecular complexity index is 533. The molecule has 0 amide bonds. The molecule has 1 fully saturated rings. The van der Waals surface area contributed by atoms with Crippen molar-refractivity contribution in [3.05, 3.63) is 29.3 Å². The third-order valence-electron chi connectivity index (χ3n) is 3.39. The molecule has 2 N–H and O–H groups in total. The van der Waals surface area contributed by atoms with Gasteiger partial charge in [-0.15, -0.1) is 0 Å². The van der Waals surface area contributed by atoms with E-state index in [1.807, 2.05) is 6.92 Å². The van der Waals surface area contributed by atoms with Gasteiger partial charge in [-0.05, 0) is 24.5 Å². The Kier molecular flexibility index (Phi) is 3.96. The molecule has 1 saturated heterocycles. The van der Waals surface area contributed by atoms with Crippen LogP contribution in [-0.2, 0) is 10.0 Å². The summed E-state index contributed by atoms with van der Waals surface area (Å²) in [5.41, 5.74) is 5.90. The van der Waals surface area contributed by atoms with Gasteiger partial charge in [0.25, 0.3) is 0 Å². The summed E-state index contributed by atoms with van der Waals surface area (Å²) in [6.45, 7) is 2.88. The van der Waals surface area contributed by atoms with E-state index in [1.165, 1.54) is 10.4 Å². The van der Waals surface area contributed by atoms with Crippen molar-refractivity contribution in [2.45, 2.75) is 24.3 Å². The second-order valence-corrected chi connectivity index (χ2v) is 7.04. The molecule has 1 aliphatic rings. The highest BCUT2D eigenvalue weighted by atomic mass is 35.5. The fourth-order valence-electron chi connectivity index (χ4n) is 2.14. The van der Waals surface area contributed by atoms with E-state index in [9.17, 15) is 8.42 Å². The molecule has 2 atom stereocenters. The van der Waals surface area contributed by atoms with Crippen LogP contribution in [0, 0.1) is 5.92 Å². The number of rotatable bonds is 2. The Labute approximate surface area is 113 Å². The van der Waals surface area contributed by atoms with Crippen molar-refractivity contribution in [1.29, 1.82) is 0 Å². The average molecular weight is 289 g/mol. The molecule has 2 unspecified atom stereocenters. The van der Waals surface area contributed by atoms with E-state index < -0.39 is 10.0 Å². The van der Waals surface area contributed by atoms with Crippen LogP contribution in [0.25, 0.3) is 0 Å². The third-order valence-corrected chi connectivity index (χ3v) is 5.75. The van der Waals surface area contributed by atoms with Crippen molar-refractivity contribution >= 4 is 21.6 Å². The largest absolute Gasteiger partial charge is 0.327 e. The molecule has 0 saturated carbocycles. The van der Waals surface area contributed by atoms with Crippen LogP contribution in [0.1, 0.15) is 13.3 Å². The van der Waals surface area contributed by atoms with E-state index in [2.05, 4.69) is 0 Å². The van der Waals surface area contributed by atoms with Crippen LogP contribution in [-0.4, -0.2) is 31.9 Å². The van der Waals surface area contributed by atoms with Gasteiger partial charge in [0, 0.05) is 19.1 Å². The minimum absolute atomic E-state index is 0.0719. The van der Waals surface area contributed by atoms with Gasteiger partial charge in [-0.1, -0.05) is 30.7 Å². The Morgan fingerprint density at radius 1 is 1.39 bits per heavy atom. The average Bonchev–Trinajstić information content (AvgIpc) is 2.33. The van der Waals surface area contributed by atoms with E-state index >= 15 is 0 Å². The molecule has 4 nitrogen and oxygen atoms in total. The summed E-state index contributed by atoms with van der Waals surface area (Å²) in [6, 6.07) is 6.60. The maximum Gasteiger partial charge on any atom is 0.244 e. The monoisotopic (exact) mass is 288 g/mol. The van der Waals surface area contributed by atoms with Crippen LogP contribution in [0.5, 0.6) is 0 Å². The van der Waals surface area contributed by atoms with E-state index in [0.717, 1.165) is 0 Å². The molecule has 18 heavy (non-hydrogen) atoms. The highest BCUT2D eigenvalue weighted by molar-refractivity contribution is 7.89. The number of benzene rings is 1. The maximum absolute atomic E-state index is 12.5. The molecular formula is C12H17ClN2O2S. The summed E-state index contributed by atoms with van der Waals surface area (Å²) in [5.74, 6) is 0.163. The minimum Gasteiger partial charge on any atom is -0.327 e. The van der Waals surface area contributed by atoms with Gasteiger partial charge in [-0.3, -0.25) is 0 Å². The molecule has 0 spiro atoms. The lowest BCUT2D eigenvalue weighted by atomic mass is 9.96. The molecule has 1 heterocycles. The molecule has 2 rings (SSSR count). The zero-order valence-electron chi connectivity index (χ0n) is 10.2. The molecule has 0 radical (unpaired) electrons. The smallest absolute Gasteiger partial charge is 0.244 e. The van der Waals surface area contributed by atoms with Crippen LogP contribution < -0.4 is 5.73 Å². The van der Waals surface area contributed by atoms with Crippen LogP contribution in [0.15, 0.2) is 29.2 Å². The predicted octanol–water partition coefficient (Wildman–Crippen LogP) is 1.70. The van der Waals surface area contributed by atoms with Crippen molar-refractivity contribution in [3.8, 4) is 0 Å². The predicted molar refractivity (Wildman–Crippen MR) is 72.0 cm³/mol. The lowest BCUT2D eigenvalue weighted by molar-refractivity contribution is 0.250. The third kappa shape index (κ3) is 2.54. The molecule has 0 bridgehead atoms. The zero-order chi connectivity index (χ0) is 13.3. The second kappa shape index (κ2) is 5.17. The topological polar surface area (TPSA) is 63.4 Å². The Morgan fingerprint density at radius 2 is 2.06 bits per heavy atom. The molecule has 100 valence electrons. The first-order chi connectivity index (χ1) is 8.43. The van der Waals surface area contributed by atoms with Gasteiger partial charge >= 0.3 is 0 Å². The van der Waals surface area contributed by atoms with E-state index in [4.69, 9.17) is 17.3 Å². The fourth-order valence-corrected chi connectivity index (χ4v) is 4.19. The lowest BCUT2D eigenvalue weighted by Gasteiger charge is -2.34. The van der Waals surface area contributed by atoms with Gasteiger partial charge in [0.2, 0.25) is 10.0 Å². The second-order valence-electron chi connectivity index (χ2n) is 4.72. The minimum atomic E-state index is -3.50. The van der Waals surface area contributed by atoms with Gasteiger partial charge in [0.15, 0.2) is 0 Å². The molecule has 6 heteroatoms. The van der Waals surface area contributed by atoms with Crippen LogP contribution >= 0.6 is 11.6 Å². The Hall–Kier alpha value is -0.620. The van der Waals surface area contributed by atoms with Crippen molar-refractivity contribution in [1.82, 2.24) is 4.31 Å². The molecule has 1 aliphatic heterocycles. The van der Waals surface area contributed by atoms with Gasteiger partial charge in [0.05, 0.1) is 5.02 Å². The standard InChI is InChI=1S/C12H17ClN2O2S/c1-9-8-15(7-6-11(9)14)18(16,17)12-5-3-2-4-10(12)13/h2-5,9,11H,6-8,14H2,1H3. The summed E-state index contributed by atoms with van der Waals surface area (Å²) >= 11 is 5.96. The number of hydrogen-bond donors (Lipinski definition) is 1. The molecule has 0 aliphatic carbocycles. The Morgan fingerprint density at radius 3 is 2.67 bits per heavy atom. The molecule has 1 aromatic carbocycles. The number of piperidine rings is 1. The molecule has 1 aromatic rings. The number of nitrogens with two attached hydrogens (primary N) is 1. The van der Waals surface area contributed by atoms with Crippen molar-refractivity contribution in [2.24, 2.45) is 11.7 Å². The normalized spacial score (nSPS) is 26.2. The quantitative estimate of drug-likeness (QED) is 0.901. The van der Waals surface area contributed by atoms with Crippen molar-refractivity contribution < 1.29 is 8.42 Å². The summed E-state index contributed by atoms with van der Waals surface area (Å²) < 4.78 is 26.4.